The molecule has 0 spiro atoms. The minimum Gasteiger partial charge on any atom is -0.508 e. The third kappa shape index (κ3) is 2.50. The second-order valence-corrected chi connectivity index (χ2v) is 6.92. The molecule has 0 saturated heterocycles. The lowest BCUT2D eigenvalue weighted by atomic mass is 9.83. The van der Waals surface area contributed by atoms with Crippen molar-refractivity contribution in [2.45, 2.75) is 24.9 Å². The van der Waals surface area contributed by atoms with Gasteiger partial charge in [-0.15, -0.1) is 0 Å². The molecule has 0 fully saturated rings. The van der Waals surface area contributed by atoms with Gasteiger partial charge in [0.1, 0.15) is 17.0 Å². The van der Waals surface area contributed by atoms with Gasteiger partial charge < -0.3 is 19.9 Å². The van der Waals surface area contributed by atoms with E-state index in [0.29, 0.717) is 6.42 Å². The maximum absolute atomic E-state index is 12.0. The van der Waals surface area contributed by atoms with Crippen molar-refractivity contribution in [2.24, 2.45) is 0 Å². The van der Waals surface area contributed by atoms with Gasteiger partial charge in [0.25, 0.3) is 0 Å². The highest BCUT2D eigenvalue weighted by atomic mass is 16.5. The normalized spacial score (nSPS) is 22.2. The summed E-state index contributed by atoms with van der Waals surface area (Å²) in [6.45, 7) is 1.69. The molecule has 1 aliphatic heterocycles. The van der Waals surface area contributed by atoms with Crippen LogP contribution in [0.5, 0.6) is 11.5 Å². The van der Waals surface area contributed by atoms with Gasteiger partial charge in [-0.1, -0.05) is 12.1 Å². The Morgan fingerprint density at radius 3 is 2.77 bits per heavy atom. The van der Waals surface area contributed by atoms with Gasteiger partial charge in [0.05, 0.1) is 13.2 Å². The van der Waals surface area contributed by atoms with Crippen LogP contribution in [0.15, 0.2) is 42.5 Å². The lowest BCUT2D eigenvalue weighted by Gasteiger charge is -2.37. The number of carboxylic acid groups (broad SMARTS) is 1. The van der Waals surface area contributed by atoms with Crippen LogP contribution in [0.1, 0.15) is 29.8 Å². The van der Waals surface area contributed by atoms with E-state index in [9.17, 15) is 15.0 Å². The van der Waals surface area contributed by atoms with E-state index in [1.165, 1.54) is 0 Å². The van der Waals surface area contributed by atoms with Crippen molar-refractivity contribution in [3.8, 4) is 11.5 Å². The van der Waals surface area contributed by atoms with E-state index in [2.05, 4.69) is 10.3 Å². The van der Waals surface area contributed by atoms with Crippen molar-refractivity contribution in [1.82, 2.24) is 10.3 Å². The van der Waals surface area contributed by atoms with Crippen molar-refractivity contribution >= 4 is 16.9 Å². The standard InChI is InChI=1S/C20H20N2O4/c1-20(19(24)25)10-15-14-9-13(26-2)6-7-16(14)21-18(15)17(22-20)11-4-3-5-12(23)8-11/h3-9,17,21-23H,10H2,1-2H3,(H,24,25). The SMILES string of the molecule is COc1ccc2[nH]c3c(c2c1)CC(C)(C(=O)O)NC3c1cccc(O)c1. The molecule has 4 rings (SSSR count). The predicted octanol–water partition coefficient (Wildman–Crippen LogP) is 2.96. The lowest BCUT2D eigenvalue weighted by Crippen LogP contribution is -2.55. The number of methoxy groups -OCH3 is 1. The number of aromatic nitrogens is 1. The van der Waals surface area contributed by atoms with Crippen molar-refractivity contribution in [3.05, 3.63) is 59.3 Å². The molecule has 6 nitrogen and oxygen atoms in total. The number of aliphatic carboxylic acids is 1. The largest absolute Gasteiger partial charge is 0.508 e. The quantitative estimate of drug-likeness (QED) is 0.581. The summed E-state index contributed by atoms with van der Waals surface area (Å²) in [6.07, 6.45) is 0.347. The van der Waals surface area contributed by atoms with E-state index in [1.54, 1.807) is 32.2 Å². The van der Waals surface area contributed by atoms with E-state index >= 15 is 0 Å². The second-order valence-electron chi connectivity index (χ2n) is 6.92. The number of carbonyl (C=O) groups is 1. The number of hydrogen-bond acceptors (Lipinski definition) is 4. The third-order valence-corrected chi connectivity index (χ3v) is 5.10. The summed E-state index contributed by atoms with van der Waals surface area (Å²) in [7, 11) is 1.61. The molecule has 26 heavy (non-hydrogen) atoms. The minimum absolute atomic E-state index is 0.145. The maximum Gasteiger partial charge on any atom is 0.323 e. The molecule has 0 radical (unpaired) electrons. The molecule has 1 aliphatic rings. The average Bonchev–Trinajstić information content (AvgIpc) is 2.98. The molecule has 6 heteroatoms. The van der Waals surface area contributed by atoms with Gasteiger partial charge in [-0.05, 0) is 48.4 Å². The Labute approximate surface area is 150 Å². The molecule has 2 unspecified atom stereocenters. The summed E-state index contributed by atoms with van der Waals surface area (Å²) in [6, 6.07) is 12.2. The van der Waals surface area contributed by atoms with Crippen LogP contribution in [0.3, 0.4) is 0 Å². The summed E-state index contributed by atoms with van der Waals surface area (Å²) in [5, 5.41) is 23.9. The summed E-state index contributed by atoms with van der Waals surface area (Å²) < 4.78 is 5.33. The Bertz CT molecular complexity index is 1010. The fraction of sp³-hybridized carbons (Fsp3) is 0.250. The van der Waals surface area contributed by atoms with Crippen LogP contribution < -0.4 is 10.1 Å². The fourth-order valence-corrected chi connectivity index (χ4v) is 3.70. The molecule has 4 N–H and O–H groups in total. The first-order valence-electron chi connectivity index (χ1n) is 8.40. The Kier molecular flexibility index (Phi) is 3.66. The van der Waals surface area contributed by atoms with Gasteiger partial charge in [-0.25, -0.2) is 0 Å². The molecule has 2 atom stereocenters. The van der Waals surface area contributed by atoms with E-state index in [0.717, 1.165) is 33.5 Å². The van der Waals surface area contributed by atoms with Gasteiger partial charge >= 0.3 is 5.97 Å². The average molecular weight is 352 g/mol. The summed E-state index contributed by atoms with van der Waals surface area (Å²) in [5.41, 5.74) is 2.48. The highest BCUT2D eigenvalue weighted by Crippen LogP contribution is 2.39. The Morgan fingerprint density at radius 1 is 1.27 bits per heavy atom. The number of hydrogen-bond donors (Lipinski definition) is 4. The first kappa shape index (κ1) is 16.5. The first-order chi connectivity index (χ1) is 12.4. The molecule has 2 aromatic carbocycles. The smallest absolute Gasteiger partial charge is 0.323 e. The number of carboxylic acids is 1. The number of nitrogens with one attached hydrogen (secondary N) is 2. The van der Waals surface area contributed by atoms with Crippen LogP contribution in [-0.2, 0) is 11.2 Å². The highest BCUT2D eigenvalue weighted by Gasteiger charge is 2.43. The Morgan fingerprint density at radius 2 is 2.08 bits per heavy atom. The van der Waals surface area contributed by atoms with Gasteiger partial charge in [-0.2, -0.15) is 0 Å². The molecule has 1 aromatic heterocycles. The number of phenolic OH excluding ortho intramolecular Hbond substituents is 1. The van der Waals surface area contributed by atoms with Crippen LogP contribution in [0, 0.1) is 0 Å². The molecule has 134 valence electrons. The topological polar surface area (TPSA) is 94.6 Å². The van der Waals surface area contributed by atoms with Crippen LogP contribution >= 0.6 is 0 Å². The van der Waals surface area contributed by atoms with Gasteiger partial charge in [0.2, 0.25) is 0 Å². The molecule has 2 heterocycles. The predicted molar refractivity (Wildman–Crippen MR) is 97.7 cm³/mol. The van der Waals surface area contributed by atoms with E-state index in [1.807, 2.05) is 24.3 Å². The molecule has 3 aromatic rings. The zero-order chi connectivity index (χ0) is 18.5. The van der Waals surface area contributed by atoms with Crippen LogP contribution in [-0.4, -0.2) is 33.8 Å². The number of aromatic amines is 1. The van der Waals surface area contributed by atoms with Crippen molar-refractivity contribution in [3.63, 3.8) is 0 Å². The molecule has 0 bridgehead atoms. The van der Waals surface area contributed by atoms with Crippen LogP contribution in [0.25, 0.3) is 10.9 Å². The monoisotopic (exact) mass is 352 g/mol. The fourth-order valence-electron chi connectivity index (χ4n) is 3.70. The lowest BCUT2D eigenvalue weighted by molar-refractivity contribution is -0.144. The zero-order valence-corrected chi connectivity index (χ0v) is 14.5. The van der Waals surface area contributed by atoms with Gasteiger partial charge in [-0.3, -0.25) is 10.1 Å². The maximum atomic E-state index is 12.0. The number of fused-ring (bicyclic) bond motifs is 3. The molecule has 0 aliphatic carbocycles. The number of ether oxygens (including phenoxy) is 1. The van der Waals surface area contributed by atoms with Crippen molar-refractivity contribution in [2.75, 3.05) is 7.11 Å². The highest BCUT2D eigenvalue weighted by molar-refractivity contribution is 5.89. The molecular formula is C20H20N2O4. The number of aromatic hydroxyl groups is 1. The second kappa shape index (κ2) is 5.78. The Hall–Kier alpha value is -2.99. The molecule has 0 amide bonds. The summed E-state index contributed by atoms with van der Waals surface area (Å²) in [5.74, 6) is -0.0412. The number of H-pyrrole nitrogens is 1. The van der Waals surface area contributed by atoms with E-state index < -0.39 is 11.5 Å². The Balaban J connectivity index is 1.95. The molecular weight excluding hydrogens is 332 g/mol. The number of phenols is 1. The van der Waals surface area contributed by atoms with Crippen molar-refractivity contribution < 1.29 is 19.7 Å². The van der Waals surface area contributed by atoms with Crippen LogP contribution in [0.2, 0.25) is 0 Å². The summed E-state index contributed by atoms with van der Waals surface area (Å²) in [4.78, 5) is 15.4. The molecule has 0 saturated carbocycles. The van der Waals surface area contributed by atoms with Crippen LogP contribution in [0.4, 0.5) is 0 Å². The number of rotatable bonds is 3. The van der Waals surface area contributed by atoms with E-state index in [4.69, 9.17) is 4.74 Å². The van der Waals surface area contributed by atoms with E-state index in [-0.39, 0.29) is 11.8 Å². The van der Waals surface area contributed by atoms with Gasteiger partial charge in [0.15, 0.2) is 0 Å². The third-order valence-electron chi connectivity index (χ3n) is 5.10. The minimum atomic E-state index is -1.12. The summed E-state index contributed by atoms with van der Waals surface area (Å²) >= 11 is 0. The van der Waals surface area contributed by atoms with Gasteiger partial charge in [0, 0.05) is 23.0 Å². The van der Waals surface area contributed by atoms with Crippen molar-refractivity contribution in [1.29, 1.82) is 0 Å². The first-order valence-corrected chi connectivity index (χ1v) is 8.40. The zero-order valence-electron chi connectivity index (χ0n) is 14.5. The number of benzene rings is 2.